The van der Waals surface area contributed by atoms with E-state index < -0.39 is 5.41 Å². The van der Waals surface area contributed by atoms with Gasteiger partial charge in [-0.05, 0) is 12.8 Å². The Morgan fingerprint density at radius 1 is 0.895 bits per heavy atom. The van der Waals surface area contributed by atoms with Crippen LogP contribution in [0.1, 0.15) is 70.6 Å². The molecule has 0 bridgehead atoms. The highest BCUT2D eigenvalue weighted by molar-refractivity contribution is 6.05. The van der Waals surface area contributed by atoms with Crippen LogP contribution in [0.15, 0.2) is 12.3 Å². The minimum atomic E-state index is -0.893. The highest BCUT2D eigenvalue weighted by Crippen LogP contribution is 2.42. The first-order valence-corrected chi connectivity index (χ1v) is 7.58. The van der Waals surface area contributed by atoms with Gasteiger partial charge < -0.3 is 4.74 Å². The summed E-state index contributed by atoms with van der Waals surface area (Å²) in [5.74, 6) is 0.196. The Balaban J connectivity index is 2.09. The molecule has 1 unspecified atom stereocenters. The maximum atomic E-state index is 12.5. The van der Waals surface area contributed by atoms with E-state index >= 15 is 0 Å². The lowest BCUT2D eigenvalue weighted by molar-refractivity contribution is -0.150. The van der Waals surface area contributed by atoms with Crippen molar-refractivity contribution in [2.75, 3.05) is 0 Å². The molecule has 1 spiro atoms. The summed E-state index contributed by atoms with van der Waals surface area (Å²) in [5.41, 5.74) is -0.893. The largest absolute Gasteiger partial charge is 0.431 e. The zero-order valence-corrected chi connectivity index (χ0v) is 11.7. The molecule has 1 saturated carbocycles. The van der Waals surface area contributed by atoms with Gasteiger partial charge in [-0.25, -0.2) is 0 Å². The molecule has 1 atom stereocenters. The Labute approximate surface area is 115 Å². The zero-order chi connectivity index (χ0) is 13.7. The fourth-order valence-electron chi connectivity index (χ4n) is 3.23. The molecule has 0 aromatic rings. The van der Waals surface area contributed by atoms with E-state index in [9.17, 15) is 9.59 Å². The molecule has 0 aromatic heterocycles. The van der Waals surface area contributed by atoms with E-state index in [2.05, 4.69) is 6.58 Å². The van der Waals surface area contributed by atoms with Gasteiger partial charge in [-0.3, -0.25) is 9.59 Å². The van der Waals surface area contributed by atoms with E-state index in [0.717, 1.165) is 25.7 Å². The van der Waals surface area contributed by atoms with Crippen molar-refractivity contribution in [2.45, 2.75) is 70.6 Å². The molecule has 1 aliphatic heterocycles. The maximum Gasteiger partial charge on any atom is 0.325 e. The van der Waals surface area contributed by atoms with Crippen molar-refractivity contribution in [3.05, 3.63) is 12.3 Å². The summed E-state index contributed by atoms with van der Waals surface area (Å²) in [6.45, 7) is 3.72. The number of carbonyl (C=O) groups excluding carboxylic acids is 2. The molecule has 1 saturated heterocycles. The fourth-order valence-corrected chi connectivity index (χ4v) is 3.23. The molecule has 2 rings (SSSR count). The predicted molar refractivity (Wildman–Crippen MR) is 73.5 cm³/mol. The van der Waals surface area contributed by atoms with Crippen molar-refractivity contribution >= 4 is 11.8 Å². The van der Waals surface area contributed by atoms with Crippen molar-refractivity contribution in [3.8, 4) is 0 Å². The Morgan fingerprint density at radius 3 is 2.05 bits per heavy atom. The molecule has 0 radical (unpaired) electrons. The minimum absolute atomic E-state index is 0.0803. The lowest BCUT2D eigenvalue weighted by Gasteiger charge is -2.23. The second-order valence-corrected chi connectivity index (χ2v) is 5.94. The molecule has 0 N–H and O–H groups in total. The van der Waals surface area contributed by atoms with Crippen LogP contribution in [0.2, 0.25) is 0 Å². The molecular formula is C16H24O3. The first kappa shape index (κ1) is 14.3. The third kappa shape index (κ3) is 3.26. The molecule has 2 aliphatic rings. The maximum absolute atomic E-state index is 12.5. The van der Waals surface area contributed by atoms with Crippen molar-refractivity contribution < 1.29 is 14.3 Å². The van der Waals surface area contributed by atoms with Crippen LogP contribution < -0.4 is 0 Å². The molecule has 3 nitrogen and oxygen atoms in total. The molecule has 19 heavy (non-hydrogen) atoms. The zero-order valence-electron chi connectivity index (χ0n) is 11.7. The van der Waals surface area contributed by atoms with Crippen LogP contribution in [-0.4, -0.2) is 11.8 Å². The summed E-state index contributed by atoms with van der Waals surface area (Å²) >= 11 is 0. The topological polar surface area (TPSA) is 43.4 Å². The number of allylic oxidation sites excluding steroid dienone is 1. The Morgan fingerprint density at radius 2 is 1.47 bits per heavy atom. The van der Waals surface area contributed by atoms with Crippen LogP contribution in [0.25, 0.3) is 0 Å². The average Bonchev–Trinajstić information content (AvgIpc) is 2.65. The van der Waals surface area contributed by atoms with Gasteiger partial charge in [-0.2, -0.15) is 0 Å². The minimum Gasteiger partial charge on any atom is -0.431 e. The SMILES string of the molecule is C=C1CC2(CCCCCCCCCCC2=O)C(=O)O1. The highest BCUT2D eigenvalue weighted by atomic mass is 16.5. The molecule has 1 aliphatic carbocycles. The number of Topliss-reactive ketones (excluding diaryl/α,β-unsaturated/α-hetero) is 1. The predicted octanol–water partition coefficient (Wildman–Crippen LogP) is 3.92. The van der Waals surface area contributed by atoms with E-state index in [-0.39, 0.29) is 11.8 Å². The first-order chi connectivity index (χ1) is 9.15. The number of carbonyl (C=O) groups is 2. The van der Waals surface area contributed by atoms with Gasteiger partial charge in [-0.15, -0.1) is 0 Å². The Bertz CT molecular complexity index is 372. The van der Waals surface area contributed by atoms with Crippen LogP contribution in [-0.2, 0) is 14.3 Å². The second-order valence-electron chi connectivity index (χ2n) is 5.94. The smallest absolute Gasteiger partial charge is 0.325 e. The number of hydrogen-bond donors (Lipinski definition) is 0. The van der Waals surface area contributed by atoms with Crippen LogP contribution in [0.4, 0.5) is 0 Å². The van der Waals surface area contributed by atoms with E-state index in [4.69, 9.17) is 4.74 Å². The standard InChI is InChI=1S/C16H24O3/c1-13-12-16(15(18)19-13)11-9-7-5-3-2-4-6-8-10-14(16)17/h1-12H2. The normalized spacial score (nSPS) is 30.8. The molecule has 0 amide bonds. The number of esters is 1. The summed E-state index contributed by atoms with van der Waals surface area (Å²) in [6, 6.07) is 0. The molecule has 3 heteroatoms. The summed E-state index contributed by atoms with van der Waals surface area (Å²) in [5, 5.41) is 0. The quantitative estimate of drug-likeness (QED) is 0.492. The molecule has 2 fully saturated rings. The van der Waals surface area contributed by atoms with Crippen LogP contribution in [0, 0.1) is 5.41 Å². The van der Waals surface area contributed by atoms with Gasteiger partial charge in [0.1, 0.15) is 11.2 Å². The number of hydrogen-bond acceptors (Lipinski definition) is 3. The second kappa shape index (κ2) is 6.36. The van der Waals surface area contributed by atoms with Gasteiger partial charge in [0, 0.05) is 12.8 Å². The van der Waals surface area contributed by atoms with Gasteiger partial charge in [0.05, 0.1) is 0 Å². The summed E-state index contributed by atoms with van der Waals surface area (Å²) in [6.07, 6.45) is 10.6. The van der Waals surface area contributed by atoms with Crippen molar-refractivity contribution in [1.29, 1.82) is 0 Å². The van der Waals surface area contributed by atoms with Crippen molar-refractivity contribution in [2.24, 2.45) is 5.41 Å². The Hall–Kier alpha value is -1.12. The number of cyclic esters (lactones) is 1. The molecule has 0 aromatic carbocycles. The van der Waals surface area contributed by atoms with E-state index in [0.29, 0.717) is 25.0 Å². The van der Waals surface area contributed by atoms with Crippen LogP contribution in [0.3, 0.4) is 0 Å². The number of rotatable bonds is 0. The highest BCUT2D eigenvalue weighted by Gasteiger charge is 2.51. The summed E-state index contributed by atoms with van der Waals surface area (Å²) in [7, 11) is 0. The lowest BCUT2D eigenvalue weighted by atomic mass is 9.75. The summed E-state index contributed by atoms with van der Waals surface area (Å²) < 4.78 is 5.10. The number of ketones is 1. The monoisotopic (exact) mass is 264 g/mol. The van der Waals surface area contributed by atoms with Gasteiger partial charge in [0.15, 0.2) is 5.78 Å². The van der Waals surface area contributed by atoms with E-state index in [1.807, 2.05) is 0 Å². The van der Waals surface area contributed by atoms with Crippen LogP contribution >= 0.6 is 0 Å². The van der Waals surface area contributed by atoms with Gasteiger partial charge in [-0.1, -0.05) is 51.5 Å². The third-order valence-electron chi connectivity index (χ3n) is 4.42. The van der Waals surface area contributed by atoms with Crippen molar-refractivity contribution in [1.82, 2.24) is 0 Å². The van der Waals surface area contributed by atoms with Crippen molar-refractivity contribution in [3.63, 3.8) is 0 Å². The lowest BCUT2D eigenvalue weighted by Crippen LogP contribution is -2.35. The van der Waals surface area contributed by atoms with E-state index in [1.54, 1.807) is 0 Å². The summed E-state index contributed by atoms with van der Waals surface area (Å²) in [4.78, 5) is 24.6. The molecular weight excluding hydrogens is 240 g/mol. The average molecular weight is 264 g/mol. The van der Waals surface area contributed by atoms with Crippen LogP contribution in [0.5, 0.6) is 0 Å². The molecule has 1 heterocycles. The third-order valence-corrected chi connectivity index (χ3v) is 4.42. The fraction of sp³-hybridized carbons (Fsp3) is 0.750. The van der Waals surface area contributed by atoms with Gasteiger partial charge >= 0.3 is 5.97 Å². The number of ether oxygens (including phenoxy) is 1. The Kier molecular flexibility index (Phi) is 4.78. The van der Waals surface area contributed by atoms with E-state index in [1.165, 1.54) is 25.7 Å². The van der Waals surface area contributed by atoms with Gasteiger partial charge in [0.2, 0.25) is 0 Å². The van der Waals surface area contributed by atoms with Gasteiger partial charge in [0.25, 0.3) is 0 Å². The first-order valence-electron chi connectivity index (χ1n) is 7.58. The molecule has 106 valence electrons.